The Kier molecular flexibility index (Phi) is 8.07. The van der Waals surface area contributed by atoms with Crippen LogP contribution < -0.4 is 4.72 Å². The van der Waals surface area contributed by atoms with Gasteiger partial charge >= 0.3 is 0 Å². The molecular formula is C20H34FNO2S. The normalized spacial score (nSPS) is 15.1. The molecule has 0 unspecified atom stereocenters. The third-order valence-corrected chi connectivity index (χ3v) is 6.93. The van der Waals surface area contributed by atoms with Crippen LogP contribution in [0.3, 0.4) is 0 Å². The van der Waals surface area contributed by atoms with Gasteiger partial charge in [-0.2, -0.15) is 0 Å². The quantitative estimate of drug-likeness (QED) is 0.551. The maximum atomic E-state index is 14.6. The number of rotatable bonds is 10. The molecule has 0 aromatic heterocycles. The smallest absolute Gasteiger partial charge is 0.212 e. The second-order valence-corrected chi connectivity index (χ2v) is 10.3. The zero-order chi connectivity index (χ0) is 19.1. The molecule has 144 valence electrons. The van der Waals surface area contributed by atoms with Crippen LogP contribution in [0.5, 0.6) is 0 Å². The summed E-state index contributed by atoms with van der Waals surface area (Å²) in [6, 6.07) is 6.55. The first kappa shape index (κ1) is 22.1. The summed E-state index contributed by atoms with van der Waals surface area (Å²) < 4.78 is 42.4. The van der Waals surface area contributed by atoms with Gasteiger partial charge in [-0.15, -0.1) is 0 Å². The summed E-state index contributed by atoms with van der Waals surface area (Å²) >= 11 is 0. The summed E-state index contributed by atoms with van der Waals surface area (Å²) in [7, 11) is -3.60. The van der Waals surface area contributed by atoms with E-state index in [2.05, 4.69) is 11.6 Å². The highest BCUT2D eigenvalue weighted by atomic mass is 32.2. The van der Waals surface area contributed by atoms with E-state index in [0.29, 0.717) is 18.4 Å². The second-order valence-electron chi connectivity index (χ2n) is 7.84. The van der Waals surface area contributed by atoms with Gasteiger partial charge in [0.1, 0.15) is 5.82 Å². The molecule has 0 fully saturated rings. The Bertz CT molecular complexity index is 637. The first-order valence-corrected chi connectivity index (χ1v) is 10.9. The van der Waals surface area contributed by atoms with Gasteiger partial charge < -0.3 is 0 Å². The fourth-order valence-corrected chi connectivity index (χ4v) is 4.23. The van der Waals surface area contributed by atoms with Crippen molar-refractivity contribution in [1.29, 1.82) is 0 Å². The molecule has 1 rings (SSSR count). The average molecular weight is 372 g/mol. The zero-order valence-electron chi connectivity index (χ0n) is 16.4. The van der Waals surface area contributed by atoms with Gasteiger partial charge in [0.25, 0.3) is 0 Å². The van der Waals surface area contributed by atoms with Gasteiger partial charge in [0, 0.05) is 5.56 Å². The molecule has 1 aromatic carbocycles. The fourth-order valence-electron chi connectivity index (χ4n) is 3.09. The number of unbranched alkanes of at least 4 members (excludes halogenated alkanes) is 3. The zero-order valence-corrected chi connectivity index (χ0v) is 17.2. The highest BCUT2D eigenvalue weighted by Crippen LogP contribution is 2.36. The minimum atomic E-state index is -3.60. The van der Waals surface area contributed by atoms with E-state index in [1.807, 2.05) is 6.92 Å². The molecule has 0 aliphatic heterocycles. The number of nitrogens with one attached hydrogen (secondary N) is 1. The van der Waals surface area contributed by atoms with E-state index in [1.165, 1.54) is 6.07 Å². The molecular weight excluding hydrogens is 337 g/mol. The van der Waals surface area contributed by atoms with Crippen molar-refractivity contribution in [1.82, 2.24) is 4.72 Å². The lowest BCUT2D eigenvalue weighted by atomic mass is 9.81. The van der Waals surface area contributed by atoms with Crippen LogP contribution >= 0.6 is 0 Å². The monoisotopic (exact) mass is 371 g/mol. The number of halogens is 1. The molecule has 0 saturated carbocycles. The first-order valence-electron chi connectivity index (χ1n) is 9.38. The fraction of sp³-hybridized carbons (Fsp3) is 0.700. The lowest BCUT2D eigenvalue weighted by Gasteiger charge is -2.38. The molecule has 1 N–H and O–H groups in total. The number of hydrogen-bond donors (Lipinski definition) is 1. The molecule has 0 heterocycles. The van der Waals surface area contributed by atoms with Gasteiger partial charge in [0.05, 0.1) is 10.3 Å². The first-order chi connectivity index (χ1) is 11.6. The van der Waals surface area contributed by atoms with Crippen molar-refractivity contribution >= 4 is 10.0 Å². The van der Waals surface area contributed by atoms with E-state index >= 15 is 0 Å². The van der Waals surface area contributed by atoms with Crippen LogP contribution in [0.1, 0.15) is 85.1 Å². The van der Waals surface area contributed by atoms with Crippen LogP contribution in [-0.2, 0) is 15.6 Å². The molecule has 1 atom stereocenters. The molecule has 0 amide bonds. The summed E-state index contributed by atoms with van der Waals surface area (Å²) in [6.45, 7) is 9.16. The highest BCUT2D eigenvalue weighted by Gasteiger charge is 2.41. The van der Waals surface area contributed by atoms with Crippen molar-refractivity contribution in [2.45, 2.75) is 89.9 Å². The molecule has 25 heavy (non-hydrogen) atoms. The summed E-state index contributed by atoms with van der Waals surface area (Å²) in [6.07, 6.45) is 6.06. The van der Waals surface area contributed by atoms with Crippen molar-refractivity contribution < 1.29 is 12.8 Å². The van der Waals surface area contributed by atoms with E-state index in [4.69, 9.17) is 0 Å². The molecule has 3 nitrogen and oxygen atoms in total. The highest BCUT2D eigenvalue weighted by molar-refractivity contribution is 7.90. The summed E-state index contributed by atoms with van der Waals surface area (Å²) in [5, 5.41) is 0. The van der Waals surface area contributed by atoms with Crippen molar-refractivity contribution in [3.05, 3.63) is 35.6 Å². The number of benzene rings is 1. The largest absolute Gasteiger partial charge is 0.217 e. The second kappa shape index (κ2) is 9.13. The Hall–Kier alpha value is -0.940. The van der Waals surface area contributed by atoms with Gasteiger partial charge in [0.2, 0.25) is 10.0 Å². The van der Waals surface area contributed by atoms with Crippen LogP contribution in [0, 0.1) is 5.82 Å². The van der Waals surface area contributed by atoms with E-state index in [-0.39, 0.29) is 5.82 Å². The predicted octanol–water partition coefficient (Wildman–Crippen LogP) is 5.51. The van der Waals surface area contributed by atoms with Gasteiger partial charge in [-0.3, -0.25) is 0 Å². The van der Waals surface area contributed by atoms with Crippen LogP contribution in [0.25, 0.3) is 0 Å². The Morgan fingerprint density at radius 3 is 2.12 bits per heavy atom. The van der Waals surface area contributed by atoms with Crippen LogP contribution in [-0.4, -0.2) is 13.2 Å². The topological polar surface area (TPSA) is 46.2 Å². The third-order valence-electron chi connectivity index (χ3n) is 4.66. The molecule has 0 aliphatic carbocycles. The third kappa shape index (κ3) is 5.78. The van der Waals surface area contributed by atoms with Crippen LogP contribution in [0.4, 0.5) is 4.39 Å². The number of sulfonamides is 1. The van der Waals surface area contributed by atoms with E-state index < -0.39 is 20.3 Å². The molecule has 0 spiro atoms. The Labute approximate surface area is 153 Å². The standard InChI is InChI=1S/C20H34FNO2S/c1-6-8-9-12-16-20(15-7-2,17-13-10-11-14-18(17)21)22-25(23,24)19(3,4)5/h10-11,13-14,22H,6-9,12,15-16H2,1-5H3/t20-/m1/s1. The van der Waals surface area contributed by atoms with Crippen molar-refractivity contribution in [3.63, 3.8) is 0 Å². The molecule has 5 heteroatoms. The molecule has 0 radical (unpaired) electrons. The maximum Gasteiger partial charge on any atom is 0.217 e. The van der Waals surface area contributed by atoms with E-state index in [9.17, 15) is 12.8 Å². The lowest BCUT2D eigenvalue weighted by molar-refractivity contribution is 0.306. The van der Waals surface area contributed by atoms with Crippen LogP contribution in [0.15, 0.2) is 24.3 Å². The van der Waals surface area contributed by atoms with Crippen LogP contribution in [0.2, 0.25) is 0 Å². The average Bonchev–Trinajstić information content (AvgIpc) is 2.50. The van der Waals surface area contributed by atoms with Gasteiger partial charge in [-0.25, -0.2) is 17.5 Å². The Morgan fingerprint density at radius 2 is 1.60 bits per heavy atom. The summed E-state index contributed by atoms with van der Waals surface area (Å²) in [5.74, 6) is -0.344. The number of hydrogen-bond acceptors (Lipinski definition) is 2. The minimum Gasteiger partial charge on any atom is -0.212 e. The Morgan fingerprint density at radius 1 is 0.960 bits per heavy atom. The van der Waals surface area contributed by atoms with Crippen molar-refractivity contribution in [2.75, 3.05) is 0 Å². The van der Waals surface area contributed by atoms with Gasteiger partial charge in [0.15, 0.2) is 0 Å². The Balaban J connectivity index is 3.33. The SMILES string of the molecule is CCCCCC[C@@](CCC)(NS(=O)(=O)C(C)(C)C)c1ccccc1F. The maximum absolute atomic E-state index is 14.6. The van der Waals surface area contributed by atoms with E-state index in [1.54, 1.807) is 39.0 Å². The van der Waals surface area contributed by atoms with Gasteiger partial charge in [-0.1, -0.05) is 64.2 Å². The minimum absolute atomic E-state index is 0.344. The van der Waals surface area contributed by atoms with Gasteiger partial charge in [-0.05, 0) is 39.7 Å². The molecule has 1 aromatic rings. The summed E-state index contributed by atoms with van der Waals surface area (Å²) in [4.78, 5) is 0. The van der Waals surface area contributed by atoms with Crippen molar-refractivity contribution in [3.8, 4) is 0 Å². The molecule has 0 saturated heterocycles. The summed E-state index contributed by atoms with van der Waals surface area (Å²) in [5.41, 5.74) is -0.430. The molecule has 0 aliphatic rings. The predicted molar refractivity (Wildman–Crippen MR) is 104 cm³/mol. The van der Waals surface area contributed by atoms with E-state index in [0.717, 1.165) is 32.1 Å². The molecule has 0 bridgehead atoms. The lowest BCUT2D eigenvalue weighted by Crippen LogP contribution is -2.51. The van der Waals surface area contributed by atoms with Crippen molar-refractivity contribution in [2.24, 2.45) is 0 Å².